The first kappa shape index (κ1) is 23.2. The third-order valence-electron chi connectivity index (χ3n) is 7.01. The predicted octanol–water partition coefficient (Wildman–Crippen LogP) is 4.33. The molecule has 1 aromatic heterocycles. The van der Waals surface area contributed by atoms with Gasteiger partial charge in [-0.2, -0.15) is 0 Å². The van der Waals surface area contributed by atoms with Crippen LogP contribution in [0.15, 0.2) is 52.8 Å². The van der Waals surface area contributed by atoms with Crippen molar-refractivity contribution < 1.29 is 19.5 Å². The molecule has 1 saturated heterocycles. The molecule has 0 saturated carbocycles. The van der Waals surface area contributed by atoms with Gasteiger partial charge in [-0.3, -0.25) is 19.4 Å². The van der Waals surface area contributed by atoms with Gasteiger partial charge in [0.1, 0.15) is 5.54 Å². The zero-order chi connectivity index (χ0) is 24.6. The highest BCUT2D eigenvalue weighted by Gasteiger charge is 2.51. The number of aliphatic carboxylic acids is 1. The number of carboxylic acid groups (broad SMARTS) is 1. The summed E-state index contributed by atoms with van der Waals surface area (Å²) in [5, 5.41) is 11.9. The van der Waals surface area contributed by atoms with Gasteiger partial charge in [0.2, 0.25) is 5.91 Å². The molecule has 1 N–H and O–H groups in total. The number of amides is 2. The number of fused-ring (bicyclic) bond motifs is 2. The molecule has 1 unspecified atom stereocenters. The molecule has 3 heterocycles. The van der Waals surface area contributed by atoms with E-state index in [0.717, 1.165) is 26.8 Å². The predicted molar refractivity (Wildman–Crippen MR) is 136 cm³/mol. The lowest BCUT2D eigenvalue weighted by Gasteiger charge is -2.51. The van der Waals surface area contributed by atoms with Crippen molar-refractivity contribution in [1.29, 1.82) is 0 Å². The minimum atomic E-state index is -0.955. The fourth-order valence-corrected chi connectivity index (χ4v) is 5.83. The Morgan fingerprint density at radius 1 is 1.20 bits per heavy atom. The molecule has 0 aliphatic carbocycles. The van der Waals surface area contributed by atoms with Gasteiger partial charge in [-0.25, -0.2) is 0 Å². The average Bonchev–Trinajstić information content (AvgIpc) is 3.48. The number of carboxylic acids is 1. The Balaban J connectivity index is 1.38. The second-order valence-corrected chi connectivity index (χ2v) is 10.3. The summed E-state index contributed by atoms with van der Waals surface area (Å²) in [6, 6.07) is 13.8. The molecule has 2 aliphatic heterocycles. The summed E-state index contributed by atoms with van der Waals surface area (Å²) in [6.07, 6.45) is 2.77. The summed E-state index contributed by atoms with van der Waals surface area (Å²) in [4.78, 5) is 46.2. The fraction of sp³-hybridized carbons (Fsp3) is 0.333. The molecule has 0 spiro atoms. The van der Waals surface area contributed by atoms with Crippen LogP contribution in [0.3, 0.4) is 0 Å². The number of aliphatic imine (C=N–C) groups is 1. The molecule has 2 aromatic carbocycles. The van der Waals surface area contributed by atoms with E-state index in [2.05, 4.69) is 11.1 Å². The summed E-state index contributed by atoms with van der Waals surface area (Å²) in [6.45, 7) is 3.66. The SMILES string of the molecule is CC1(C(=O)N(CCCC(=O)O)Cc2ccc3c(c2)CN=C3)CCN1C(=O)c1csc2ccccc12. The molecule has 5 rings (SSSR count). The molecule has 0 bridgehead atoms. The topological polar surface area (TPSA) is 90.3 Å². The van der Waals surface area contributed by atoms with Crippen LogP contribution in [0.2, 0.25) is 0 Å². The van der Waals surface area contributed by atoms with Crippen LogP contribution in [-0.4, -0.2) is 57.5 Å². The number of nitrogens with zero attached hydrogens (tertiary/aromatic N) is 3. The molecular weight excluding hydrogens is 462 g/mol. The van der Waals surface area contributed by atoms with Crippen molar-refractivity contribution in [2.24, 2.45) is 4.99 Å². The molecule has 7 nitrogen and oxygen atoms in total. The number of hydrogen-bond acceptors (Lipinski definition) is 5. The Morgan fingerprint density at radius 2 is 2.03 bits per heavy atom. The number of rotatable bonds is 8. The summed E-state index contributed by atoms with van der Waals surface area (Å²) in [7, 11) is 0. The normalized spacial score (nSPS) is 18.4. The Morgan fingerprint density at radius 3 is 2.80 bits per heavy atom. The fourth-order valence-electron chi connectivity index (χ4n) is 4.89. The van der Waals surface area contributed by atoms with Crippen molar-refractivity contribution in [1.82, 2.24) is 9.80 Å². The monoisotopic (exact) mass is 489 g/mol. The molecule has 8 heteroatoms. The average molecular weight is 490 g/mol. The highest BCUT2D eigenvalue weighted by molar-refractivity contribution is 7.17. The molecule has 2 aliphatic rings. The summed E-state index contributed by atoms with van der Waals surface area (Å²) in [5.41, 5.74) is 2.85. The Bertz CT molecular complexity index is 1350. The molecule has 3 aromatic rings. The van der Waals surface area contributed by atoms with Crippen molar-refractivity contribution in [3.8, 4) is 0 Å². The van der Waals surface area contributed by atoms with E-state index in [1.165, 1.54) is 11.3 Å². The Hall–Kier alpha value is -3.52. The Kier molecular flexibility index (Phi) is 6.15. The zero-order valence-corrected chi connectivity index (χ0v) is 20.4. The number of carbonyl (C=O) groups excluding carboxylic acids is 2. The maximum Gasteiger partial charge on any atom is 0.303 e. The zero-order valence-electron chi connectivity index (χ0n) is 19.6. The van der Waals surface area contributed by atoms with Gasteiger partial charge >= 0.3 is 5.97 Å². The first-order valence-corrected chi connectivity index (χ1v) is 12.7. The lowest BCUT2D eigenvalue weighted by molar-refractivity contribution is -0.150. The second kappa shape index (κ2) is 9.26. The highest BCUT2D eigenvalue weighted by atomic mass is 32.1. The number of thiophene rings is 1. The standard InChI is InChI=1S/C27H27N3O4S/c1-27(10-12-30(27)25(33)22-17-35-23-6-3-2-5-21(22)23)26(34)29(11-4-7-24(31)32)16-18-8-9-19-14-28-15-20(19)13-18/h2-3,5-6,8-9,13-14,17H,4,7,10-12,15-16H2,1H3,(H,31,32). The maximum atomic E-state index is 13.9. The minimum Gasteiger partial charge on any atom is -0.481 e. The molecule has 0 radical (unpaired) electrons. The van der Waals surface area contributed by atoms with E-state index in [9.17, 15) is 14.4 Å². The number of likely N-dealkylation sites (tertiary alicyclic amines) is 1. The van der Waals surface area contributed by atoms with Gasteiger partial charge in [-0.15, -0.1) is 11.3 Å². The van der Waals surface area contributed by atoms with Gasteiger partial charge in [0, 0.05) is 47.7 Å². The number of hydrogen-bond donors (Lipinski definition) is 1. The number of carbonyl (C=O) groups is 3. The van der Waals surface area contributed by atoms with Crippen molar-refractivity contribution in [2.75, 3.05) is 13.1 Å². The third kappa shape index (κ3) is 4.34. The van der Waals surface area contributed by atoms with Crippen LogP contribution >= 0.6 is 11.3 Å². The maximum absolute atomic E-state index is 13.9. The van der Waals surface area contributed by atoms with E-state index in [1.807, 2.05) is 54.9 Å². The summed E-state index contributed by atoms with van der Waals surface area (Å²) >= 11 is 1.53. The van der Waals surface area contributed by atoms with E-state index in [1.54, 1.807) is 9.80 Å². The molecule has 2 amide bonds. The minimum absolute atomic E-state index is 0.0118. The highest BCUT2D eigenvalue weighted by Crippen LogP contribution is 2.37. The van der Waals surface area contributed by atoms with Crippen molar-refractivity contribution in [2.45, 2.75) is 44.8 Å². The Labute approximate surface area is 207 Å². The van der Waals surface area contributed by atoms with Gasteiger partial charge in [0.05, 0.1) is 12.1 Å². The van der Waals surface area contributed by atoms with E-state index < -0.39 is 11.5 Å². The lowest BCUT2D eigenvalue weighted by atomic mass is 9.84. The molecular formula is C27H27N3O4S. The first-order chi connectivity index (χ1) is 16.9. The van der Waals surface area contributed by atoms with Crippen molar-refractivity contribution in [3.05, 3.63) is 70.1 Å². The smallest absolute Gasteiger partial charge is 0.303 e. The molecule has 1 fully saturated rings. The van der Waals surface area contributed by atoms with Crippen LogP contribution in [0.4, 0.5) is 0 Å². The number of benzene rings is 2. The van der Waals surface area contributed by atoms with E-state index in [4.69, 9.17) is 5.11 Å². The largest absolute Gasteiger partial charge is 0.481 e. The van der Waals surface area contributed by atoms with Crippen molar-refractivity contribution in [3.63, 3.8) is 0 Å². The van der Waals surface area contributed by atoms with Crippen LogP contribution in [0.5, 0.6) is 0 Å². The quantitative estimate of drug-likeness (QED) is 0.510. The van der Waals surface area contributed by atoms with Gasteiger partial charge in [0.25, 0.3) is 5.91 Å². The summed E-state index contributed by atoms with van der Waals surface area (Å²) in [5.74, 6) is -1.16. The van der Waals surface area contributed by atoms with Gasteiger partial charge in [0.15, 0.2) is 0 Å². The molecule has 180 valence electrons. The lowest BCUT2D eigenvalue weighted by Crippen LogP contribution is -2.67. The third-order valence-corrected chi connectivity index (χ3v) is 7.98. The van der Waals surface area contributed by atoms with Crippen molar-refractivity contribution >= 4 is 45.4 Å². The first-order valence-electron chi connectivity index (χ1n) is 11.8. The summed E-state index contributed by atoms with van der Waals surface area (Å²) < 4.78 is 1.04. The van der Waals surface area contributed by atoms with Crippen LogP contribution < -0.4 is 0 Å². The van der Waals surface area contributed by atoms with Crippen LogP contribution in [0, 0.1) is 0 Å². The van der Waals surface area contributed by atoms with Crippen LogP contribution in [0.1, 0.15) is 53.2 Å². The second-order valence-electron chi connectivity index (χ2n) is 9.35. The van der Waals surface area contributed by atoms with Crippen LogP contribution in [-0.2, 0) is 22.7 Å². The van der Waals surface area contributed by atoms with E-state index in [0.29, 0.717) is 44.6 Å². The molecule has 1 atom stereocenters. The van der Waals surface area contributed by atoms with Gasteiger partial charge in [-0.05, 0) is 42.5 Å². The van der Waals surface area contributed by atoms with Gasteiger partial charge < -0.3 is 14.9 Å². The van der Waals surface area contributed by atoms with Crippen LogP contribution in [0.25, 0.3) is 10.1 Å². The van der Waals surface area contributed by atoms with Gasteiger partial charge in [-0.1, -0.05) is 36.4 Å². The van der Waals surface area contributed by atoms with E-state index >= 15 is 0 Å². The molecule has 35 heavy (non-hydrogen) atoms. The van der Waals surface area contributed by atoms with E-state index in [-0.39, 0.29) is 18.2 Å².